The van der Waals surface area contributed by atoms with E-state index in [0.29, 0.717) is 32.5 Å². The molecule has 0 aliphatic rings. The highest BCUT2D eigenvalue weighted by molar-refractivity contribution is 7.15. The number of thiazole rings is 1. The molecule has 0 fully saturated rings. The van der Waals surface area contributed by atoms with Crippen LogP contribution in [0.4, 0.5) is 18.9 Å². The molecule has 0 aliphatic carbocycles. The van der Waals surface area contributed by atoms with E-state index in [1.807, 2.05) is 0 Å². The Labute approximate surface area is 104 Å². The van der Waals surface area contributed by atoms with Crippen LogP contribution in [0.1, 0.15) is 5.01 Å². The Morgan fingerprint density at radius 1 is 1.29 bits per heavy atom. The van der Waals surface area contributed by atoms with Crippen molar-refractivity contribution in [3.05, 3.63) is 34.4 Å². The smallest absolute Gasteiger partial charge is 0.398 e. The number of anilines is 1. The number of nitrogen functional groups attached to an aromatic ring is 1. The zero-order valence-corrected chi connectivity index (χ0v) is 9.83. The molecule has 0 amide bonds. The fraction of sp³-hybridized carbons (Fsp3) is 0.100. The summed E-state index contributed by atoms with van der Waals surface area (Å²) in [6, 6.07) is 4.67. The molecule has 1 aromatic heterocycles. The van der Waals surface area contributed by atoms with Crippen LogP contribution in [-0.2, 0) is 6.18 Å². The van der Waals surface area contributed by atoms with Gasteiger partial charge >= 0.3 is 6.18 Å². The molecule has 0 radical (unpaired) electrons. The summed E-state index contributed by atoms with van der Waals surface area (Å²) in [4.78, 5) is 3.74. The van der Waals surface area contributed by atoms with Gasteiger partial charge in [0.1, 0.15) is 0 Å². The molecule has 0 saturated heterocycles. The Morgan fingerprint density at radius 3 is 2.53 bits per heavy atom. The van der Waals surface area contributed by atoms with Gasteiger partial charge in [-0.05, 0) is 17.7 Å². The van der Waals surface area contributed by atoms with Crippen LogP contribution in [0, 0.1) is 0 Å². The minimum Gasteiger partial charge on any atom is -0.398 e. The molecular formula is C10H6ClF3N2S. The molecule has 2 N–H and O–H groups in total. The summed E-state index contributed by atoms with van der Waals surface area (Å²) in [5, 5.41) is -0.504. The van der Waals surface area contributed by atoms with Crippen LogP contribution in [-0.4, -0.2) is 4.98 Å². The number of halogens is 4. The van der Waals surface area contributed by atoms with Crippen LogP contribution in [0.2, 0.25) is 5.02 Å². The van der Waals surface area contributed by atoms with Crippen molar-refractivity contribution in [1.82, 2.24) is 4.98 Å². The molecule has 0 spiro atoms. The third-order valence-electron chi connectivity index (χ3n) is 2.03. The number of nitrogens with two attached hydrogens (primary N) is 1. The molecule has 0 unspecified atom stereocenters. The Morgan fingerprint density at radius 2 is 2.00 bits per heavy atom. The van der Waals surface area contributed by atoms with E-state index in [9.17, 15) is 13.2 Å². The molecule has 90 valence electrons. The highest BCUT2D eigenvalue weighted by atomic mass is 35.5. The van der Waals surface area contributed by atoms with E-state index in [0.717, 1.165) is 0 Å². The summed E-state index contributed by atoms with van der Waals surface area (Å²) >= 11 is 6.30. The lowest BCUT2D eigenvalue weighted by Gasteiger charge is -2.01. The predicted octanol–water partition coefficient (Wildman–Crippen LogP) is 4.06. The maximum atomic E-state index is 12.4. The highest BCUT2D eigenvalue weighted by Crippen LogP contribution is 2.37. The van der Waals surface area contributed by atoms with Crippen LogP contribution in [0.3, 0.4) is 0 Å². The van der Waals surface area contributed by atoms with E-state index in [1.54, 1.807) is 12.1 Å². The van der Waals surface area contributed by atoms with Crippen molar-refractivity contribution in [3.8, 4) is 10.4 Å². The van der Waals surface area contributed by atoms with Crippen molar-refractivity contribution in [2.45, 2.75) is 6.18 Å². The van der Waals surface area contributed by atoms with Gasteiger partial charge in [-0.15, -0.1) is 11.3 Å². The second-order valence-electron chi connectivity index (χ2n) is 3.26. The molecule has 17 heavy (non-hydrogen) atoms. The van der Waals surface area contributed by atoms with Gasteiger partial charge in [-0.2, -0.15) is 13.2 Å². The Hall–Kier alpha value is -1.27. The molecule has 0 saturated carbocycles. The van der Waals surface area contributed by atoms with E-state index >= 15 is 0 Å². The second kappa shape index (κ2) is 4.19. The molecule has 2 rings (SSSR count). The van der Waals surface area contributed by atoms with Gasteiger partial charge in [0.2, 0.25) is 0 Å². The Bertz CT molecular complexity index is 551. The normalized spacial score (nSPS) is 11.8. The summed E-state index contributed by atoms with van der Waals surface area (Å²) in [6.07, 6.45) is -3.24. The van der Waals surface area contributed by atoms with E-state index in [-0.39, 0.29) is 0 Å². The van der Waals surface area contributed by atoms with Crippen molar-refractivity contribution in [2.75, 3.05) is 5.73 Å². The molecular weight excluding hydrogens is 273 g/mol. The lowest BCUT2D eigenvalue weighted by molar-refractivity contribution is -0.137. The summed E-state index contributed by atoms with van der Waals surface area (Å²) in [5.41, 5.74) is 6.48. The third-order valence-corrected chi connectivity index (χ3v) is 3.46. The van der Waals surface area contributed by atoms with Crippen LogP contribution in [0.25, 0.3) is 10.4 Å². The molecule has 0 bridgehead atoms. The zero-order valence-electron chi connectivity index (χ0n) is 8.25. The third kappa shape index (κ3) is 2.53. The fourth-order valence-corrected chi connectivity index (χ4v) is 2.13. The summed E-state index contributed by atoms with van der Waals surface area (Å²) < 4.78 is 37.1. The van der Waals surface area contributed by atoms with Crippen LogP contribution in [0.15, 0.2) is 24.4 Å². The monoisotopic (exact) mass is 278 g/mol. The standard InChI is InChI=1S/C10H6ClF3N2S/c11-6-2-1-5(3-7(6)15)8-4-16-9(17-8)10(12,13)14/h1-4H,15H2. The minimum atomic E-state index is -4.42. The molecule has 1 aromatic carbocycles. The zero-order chi connectivity index (χ0) is 12.6. The number of benzene rings is 1. The summed E-state index contributed by atoms with van der Waals surface area (Å²) in [6.45, 7) is 0. The molecule has 2 nitrogen and oxygen atoms in total. The van der Waals surface area contributed by atoms with Crippen molar-refractivity contribution in [3.63, 3.8) is 0 Å². The van der Waals surface area contributed by atoms with Crippen LogP contribution < -0.4 is 5.73 Å². The average Bonchev–Trinajstić information content (AvgIpc) is 2.70. The maximum absolute atomic E-state index is 12.4. The molecule has 0 aliphatic heterocycles. The van der Waals surface area contributed by atoms with E-state index in [1.165, 1.54) is 12.3 Å². The molecule has 7 heteroatoms. The van der Waals surface area contributed by atoms with Crippen LogP contribution >= 0.6 is 22.9 Å². The minimum absolute atomic E-state index is 0.325. The largest absolute Gasteiger partial charge is 0.443 e. The lowest BCUT2D eigenvalue weighted by atomic mass is 10.2. The van der Waals surface area contributed by atoms with Gasteiger partial charge in [0, 0.05) is 6.20 Å². The number of alkyl halides is 3. The first-order chi connectivity index (χ1) is 7.88. The van der Waals surface area contributed by atoms with Gasteiger partial charge in [-0.3, -0.25) is 0 Å². The topological polar surface area (TPSA) is 38.9 Å². The van der Waals surface area contributed by atoms with E-state index in [4.69, 9.17) is 17.3 Å². The van der Waals surface area contributed by atoms with E-state index in [2.05, 4.69) is 4.98 Å². The Balaban J connectivity index is 2.40. The molecule has 0 atom stereocenters. The summed E-state index contributed by atoms with van der Waals surface area (Å²) in [7, 11) is 0. The van der Waals surface area contributed by atoms with Crippen LogP contribution in [0.5, 0.6) is 0 Å². The molecule has 1 heterocycles. The lowest BCUT2D eigenvalue weighted by Crippen LogP contribution is -2.02. The first-order valence-electron chi connectivity index (χ1n) is 4.46. The predicted molar refractivity (Wildman–Crippen MR) is 62.0 cm³/mol. The first-order valence-corrected chi connectivity index (χ1v) is 5.66. The number of hydrogen-bond acceptors (Lipinski definition) is 3. The second-order valence-corrected chi connectivity index (χ2v) is 4.70. The van der Waals surface area contributed by atoms with Gasteiger partial charge in [0.15, 0.2) is 5.01 Å². The first kappa shape index (κ1) is 12.2. The highest BCUT2D eigenvalue weighted by Gasteiger charge is 2.34. The average molecular weight is 279 g/mol. The van der Waals surface area contributed by atoms with Gasteiger partial charge in [-0.1, -0.05) is 17.7 Å². The van der Waals surface area contributed by atoms with Crippen molar-refractivity contribution >= 4 is 28.6 Å². The quantitative estimate of drug-likeness (QED) is 0.799. The van der Waals surface area contributed by atoms with Crippen molar-refractivity contribution < 1.29 is 13.2 Å². The summed E-state index contributed by atoms with van der Waals surface area (Å²) in [5.74, 6) is 0. The molecule has 2 aromatic rings. The SMILES string of the molecule is Nc1cc(-c2cnc(C(F)(F)F)s2)ccc1Cl. The number of nitrogens with zero attached hydrogens (tertiary/aromatic N) is 1. The Kier molecular flexibility index (Phi) is 3.01. The van der Waals surface area contributed by atoms with Gasteiger partial charge < -0.3 is 5.73 Å². The van der Waals surface area contributed by atoms with Gasteiger partial charge in [0.05, 0.1) is 15.6 Å². The number of hydrogen-bond donors (Lipinski definition) is 1. The van der Waals surface area contributed by atoms with Crippen molar-refractivity contribution in [2.24, 2.45) is 0 Å². The van der Waals surface area contributed by atoms with Crippen molar-refractivity contribution in [1.29, 1.82) is 0 Å². The van der Waals surface area contributed by atoms with Gasteiger partial charge in [-0.25, -0.2) is 4.98 Å². The van der Waals surface area contributed by atoms with E-state index < -0.39 is 11.2 Å². The number of aromatic nitrogens is 1. The van der Waals surface area contributed by atoms with Gasteiger partial charge in [0.25, 0.3) is 0 Å². The maximum Gasteiger partial charge on any atom is 0.443 e. The number of rotatable bonds is 1. The fourth-order valence-electron chi connectivity index (χ4n) is 1.24.